The Morgan fingerprint density at radius 1 is 1.20 bits per heavy atom. The van der Waals surface area contributed by atoms with Gasteiger partial charge in [0.2, 0.25) is 0 Å². The molecule has 0 aliphatic rings. The summed E-state index contributed by atoms with van der Waals surface area (Å²) in [6.07, 6.45) is -7.68. The second kappa shape index (κ2) is 4.61. The molecule has 0 amide bonds. The standard InChI is InChI=1S/C10H10F4O/c11-8-4-2-1-3-7(8)5-6-9(15)10(12,13)14/h1-4,9,15H,5-6H2/t9-/m0/s1. The normalized spacial score (nSPS) is 13.9. The SMILES string of the molecule is O[C@@H](CCc1ccccc1F)C(F)(F)F. The van der Waals surface area contributed by atoms with Gasteiger partial charge in [0.05, 0.1) is 0 Å². The lowest BCUT2D eigenvalue weighted by Gasteiger charge is -2.14. The van der Waals surface area contributed by atoms with E-state index in [4.69, 9.17) is 5.11 Å². The molecular formula is C10H10F4O. The van der Waals surface area contributed by atoms with E-state index in [1.165, 1.54) is 18.2 Å². The molecule has 1 nitrogen and oxygen atoms in total. The number of benzene rings is 1. The molecule has 5 heteroatoms. The quantitative estimate of drug-likeness (QED) is 0.779. The zero-order chi connectivity index (χ0) is 11.5. The summed E-state index contributed by atoms with van der Waals surface area (Å²) in [6, 6.07) is 5.57. The number of halogens is 4. The lowest BCUT2D eigenvalue weighted by atomic mass is 10.1. The summed E-state index contributed by atoms with van der Waals surface area (Å²) in [5, 5.41) is 8.69. The van der Waals surface area contributed by atoms with Gasteiger partial charge in [0.1, 0.15) is 11.9 Å². The van der Waals surface area contributed by atoms with Gasteiger partial charge in [-0.05, 0) is 24.5 Å². The van der Waals surface area contributed by atoms with Gasteiger partial charge in [-0.15, -0.1) is 0 Å². The molecule has 0 fully saturated rings. The highest BCUT2D eigenvalue weighted by atomic mass is 19.4. The average Bonchev–Trinajstić information content (AvgIpc) is 2.14. The molecule has 0 saturated heterocycles. The molecule has 0 bridgehead atoms. The van der Waals surface area contributed by atoms with E-state index in [9.17, 15) is 17.6 Å². The molecular weight excluding hydrogens is 212 g/mol. The number of alkyl halides is 3. The molecule has 1 rings (SSSR count). The maximum Gasteiger partial charge on any atom is 0.414 e. The fraction of sp³-hybridized carbons (Fsp3) is 0.400. The van der Waals surface area contributed by atoms with Gasteiger partial charge in [0.15, 0.2) is 0 Å². The Morgan fingerprint density at radius 3 is 2.33 bits per heavy atom. The van der Waals surface area contributed by atoms with Crippen LogP contribution in [0, 0.1) is 5.82 Å². The molecule has 1 aromatic carbocycles. The molecule has 0 saturated carbocycles. The van der Waals surface area contributed by atoms with Gasteiger partial charge in [0, 0.05) is 0 Å². The lowest BCUT2D eigenvalue weighted by Crippen LogP contribution is -2.28. The predicted molar refractivity (Wildman–Crippen MR) is 46.8 cm³/mol. The highest BCUT2D eigenvalue weighted by Crippen LogP contribution is 2.23. The van der Waals surface area contributed by atoms with Gasteiger partial charge in [-0.1, -0.05) is 18.2 Å². The summed E-state index contributed by atoms with van der Waals surface area (Å²) in [5.41, 5.74) is 0.181. The fourth-order valence-electron chi connectivity index (χ4n) is 1.16. The maximum atomic E-state index is 13.0. The first-order valence-electron chi connectivity index (χ1n) is 4.39. The van der Waals surface area contributed by atoms with E-state index in [0.717, 1.165) is 0 Å². The molecule has 15 heavy (non-hydrogen) atoms. The van der Waals surface area contributed by atoms with E-state index in [1.807, 2.05) is 0 Å². The Hall–Kier alpha value is -1.10. The third-order valence-electron chi connectivity index (χ3n) is 2.02. The number of aliphatic hydroxyl groups is 1. The van der Waals surface area contributed by atoms with Gasteiger partial charge in [-0.25, -0.2) is 4.39 Å². The van der Waals surface area contributed by atoms with Crippen LogP contribution in [0.3, 0.4) is 0 Å². The van der Waals surface area contributed by atoms with Crippen LogP contribution in [0.2, 0.25) is 0 Å². The van der Waals surface area contributed by atoms with Crippen molar-refractivity contribution in [3.8, 4) is 0 Å². The van der Waals surface area contributed by atoms with E-state index in [0.29, 0.717) is 0 Å². The van der Waals surface area contributed by atoms with E-state index in [1.54, 1.807) is 6.07 Å². The summed E-state index contributed by atoms with van der Waals surface area (Å²) in [7, 11) is 0. The highest BCUT2D eigenvalue weighted by Gasteiger charge is 2.37. The molecule has 0 aromatic heterocycles. The van der Waals surface area contributed by atoms with Crippen LogP contribution in [0.25, 0.3) is 0 Å². The minimum absolute atomic E-state index is 0.132. The van der Waals surface area contributed by atoms with Gasteiger partial charge < -0.3 is 5.11 Å². The molecule has 84 valence electrons. The summed E-state index contributed by atoms with van der Waals surface area (Å²) < 4.78 is 48.7. The van der Waals surface area contributed by atoms with Crippen LogP contribution in [0.5, 0.6) is 0 Å². The van der Waals surface area contributed by atoms with Crippen LogP contribution in [-0.4, -0.2) is 17.4 Å². The molecule has 0 spiro atoms. The molecule has 0 aliphatic carbocycles. The first kappa shape index (κ1) is 12.0. The first-order chi connectivity index (χ1) is 6.91. The molecule has 1 atom stereocenters. The number of hydrogen-bond acceptors (Lipinski definition) is 1. The Balaban J connectivity index is 2.55. The van der Waals surface area contributed by atoms with Crippen molar-refractivity contribution in [1.29, 1.82) is 0 Å². The molecule has 0 heterocycles. The zero-order valence-corrected chi connectivity index (χ0v) is 7.76. The summed E-state index contributed by atoms with van der Waals surface area (Å²) in [6.45, 7) is 0. The van der Waals surface area contributed by atoms with Crippen molar-refractivity contribution < 1.29 is 22.7 Å². The van der Waals surface area contributed by atoms with Crippen LogP contribution in [-0.2, 0) is 6.42 Å². The summed E-state index contributed by atoms with van der Waals surface area (Å²) in [4.78, 5) is 0. The fourth-order valence-corrected chi connectivity index (χ4v) is 1.16. The minimum Gasteiger partial charge on any atom is -0.384 e. The molecule has 0 radical (unpaired) electrons. The highest BCUT2D eigenvalue weighted by molar-refractivity contribution is 5.17. The number of aryl methyl sites for hydroxylation is 1. The van der Waals surface area contributed by atoms with Crippen LogP contribution in [0.1, 0.15) is 12.0 Å². The predicted octanol–water partition coefficient (Wildman–Crippen LogP) is 2.68. The van der Waals surface area contributed by atoms with Gasteiger partial charge >= 0.3 is 6.18 Å². The van der Waals surface area contributed by atoms with E-state index in [-0.39, 0.29) is 12.0 Å². The van der Waals surface area contributed by atoms with E-state index >= 15 is 0 Å². The van der Waals surface area contributed by atoms with Crippen LogP contribution in [0.4, 0.5) is 17.6 Å². The molecule has 1 N–H and O–H groups in total. The maximum absolute atomic E-state index is 13.0. The van der Waals surface area contributed by atoms with Crippen molar-refractivity contribution >= 4 is 0 Å². The van der Waals surface area contributed by atoms with Crippen molar-refractivity contribution in [2.75, 3.05) is 0 Å². The van der Waals surface area contributed by atoms with Crippen molar-refractivity contribution in [2.24, 2.45) is 0 Å². The van der Waals surface area contributed by atoms with E-state index < -0.39 is 24.5 Å². The third kappa shape index (κ3) is 3.51. The Morgan fingerprint density at radius 2 is 1.80 bits per heavy atom. The Labute approximate surface area is 84.3 Å². The smallest absolute Gasteiger partial charge is 0.384 e. The zero-order valence-electron chi connectivity index (χ0n) is 7.76. The van der Waals surface area contributed by atoms with Gasteiger partial charge in [-0.3, -0.25) is 0 Å². The van der Waals surface area contributed by atoms with Crippen LogP contribution >= 0.6 is 0 Å². The molecule has 1 aromatic rings. The second-order valence-electron chi connectivity index (χ2n) is 3.19. The number of rotatable bonds is 3. The van der Waals surface area contributed by atoms with Gasteiger partial charge in [0.25, 0.3) is 0 Å². The average molecular weight is 222 g/mol. The van der Waals surface area contributed by atoms with Crippen molar-refractivity contribution in [3.63, 3.8) is 0 Å². The topological polar surface area (TPSA) is 20.2 Å². The third-order valence-corrected chi connectivity index (χ3v) is 2.02. The van der Waals surface area contributed by atoms with E-state index in [2.05, 4.69) is 0 Å². The number of aliphatic hydroxyl groups excluding tert-OH is 1. The Kier molecular flexibility index (Phi) is 3.68. The summed E-state index contributed by atoms with van der Waals surface area (Å²) in [5.74, 6) is -0.549. The minimum atomic E-state index is -4.63. The largest absolute Gasteiger partial charge is 0.414 e. The molecule has 0 aliphatic heterocycles. The summed E-state index contributed by atoms with van der Waals surface area (Å²) >= 11 is 0. The number of hydrogen-bond donors (Lipinski definition) is 1. The first-order valence-corrected chi connectivity index (χ1v) is 4.39. The van der Waals surface area contributed by atoms with Crippen molar-refractivity contribution in [1.82, 2.24) is 0 Å². The molecule has 0 unspecified atom stereocenters. The second-order valence-corrected chi connectivity index (χ2v) is 3.19. The van der Waals surface area contributed by atoms with Crippen LogP contribution in [0.15, 0.2) is 24.3 Å². The monoisotopic (exact) mass is 222 g/mol. The van der Waals surface area contributed by atoms with Crippen LogP contribution < -0.4 is 0 Å². The Bertz CT molecular complexity index is 321. The lowest BCUT2D eigenvalue weighted by molar-refractivity contribution is -0.205. The van der Waals surface area contributed by atoms with Crippen molar-refractivity contribution in [3.05, 3.63) is 35.6 Å². The van der Waals surface area contributed by atoms with Crippen molar-refractivity contribution in [2.45, 2.75) is 25.1 Å². The van der Waals surface area contributed by atoms with Gasteiger partial charge in [-0.2, -0.15) is 13.2 Å².